The van der Waals surface area contributed by atoms with Crippen molar-refractivity contribution >= 4 is 5.91 Å². The molecule has 1 amide bonds. The second-order valence-corrected chi connectivity index (χ2v) is 4.08. The summed E-state index contributed by atoms with van der Waals surface area (Å²) >= 11 is 0. The molecule has 1 aliphatic rings. The summed E-state index contributed by atoms with van der Waals surface area (Å²) in [5.41, 5.74) is 0. The zero-order chi connectivity index (χ0) is 11.5. The van der Waals surface area contributed by atoms with Crippen LogP contribution < -0.4 is 0 Å². The van der Waals surface area contributed by atoms with E-state index in [9.17, 15) is 4.79 Å². The van der Waals surface area contributed by atoms with Crippen LogP contribution in [-0.4, -0.2) is 17.4 Å². The fourth-order valence-electron chi connectivity index (χ4n) is 2.14. The molecular formula is C13H15NO2. The van der Waals surface area contributed by atoms with E-state index in [-0.39, 0.29) is 11.9 Å². The van der Waals surface area contributed by atoms with Crippen molar-refractivity contribution in [2.75, 3.05) is 6.54 Å². The molecule has 0 aromatic carbocycles. The van der Waals surface area contributed by atoms with Crippen molar-refractivity contribution in [3.63, 3.8) is 0 Å². The number of likely N-dealkylation sites (tertiary alicyclic amines) is 1. The van der Waals surface area contributed by atoms with Gasteiger partial charge in [0.15, 0.2) is 0 Å². The number of terminal acetylenes is 1. The lowest BCUT2D eigenvalue weighted by Gasteiger charge is -2.32. The summed E-state index contributed by atoms with van der Waals surface area (Å²) in [5.74, 6) is 4.38. The number of rotatable bonds is 2. The Balaban J connectivity index is 2.24. The van der Waals surface area contributed by atoms with Gasteiger partial charge in [-0.05, 0) is 31.9 Å². The van der Waals surface area contributed by atoms with Crippen molar-refractivity contribution in [3.05, 3.63) is 23.7 Å². The Morgan fingerprint density at radius 2 is 2.44 bits per heavy atom. The molecule has 16 heavy (non-hydrogen) atoms. The van der Waals surface area contributed by atoms with E-state index in [0.29, 0.717) is 13.0 Å². The molecule has 1 saturated heterocycles. The quantitative estimate of drug-likeness (QED) is 0.712. The molecule has 0 spiro atoms. The highest BCUT2D eigenvalue weighted by molar-refractivity contribution is 5.77. The van der Waals surface area contributed by atoms with Gasteiger partial charge in [0.1, 0.15) is 11.5 Å². The summed E-state index contributed by atoms with van der Waals surface area (Å²) < 4.78 is 5.59. The van der Waals surface area contributed by atoms with Gasteiger partial charge in [0.2, 0.25) is 5.91 Å². The number of furan rings is 1. The van der Waals surface area contributed by atoms with Gasteiger partial charge < -0.3 is 9.32 Å². The van der Waals surface area contributed by atoms with E-state index in [2.05, 4.69) is 5.92 Å². The molecule has 1 aliphatic heterocycles. The molecule has 2 heterocycles. The number of piperidine rings is 1. The van der Waals surface area contributed by atoms with Gasteiger partial charge in [0.25, 0.3) is 0 Å². The Kier molecular flexibility index (Phi) is 3.00. The number of hydrogen-bond acceptors (Lipinski definition) is 2. The van der Waals surface area contributed by atoms with Gasteiger partial charge in [-0.25, -0.2) is 0 Å². The third-order valence-corrected chi connectivity index (χ3v) is 2.92. The summed E-state index contributed by atoms with van der Waals surface area (Å²) in [6.07, 6.45) is 7.73. The topological polar surface area (TPSA) is 33.5 Å². The maximum absolute atomic E-state index is 11.8. The van der Waals surface area contributed by atoms with Crippen LogP contribution in [0.2, 0.25) is 0 Å². The molecule has 1 aromatic heterocycles. The minimum absolute atomic E-state index is 0.0194. The van der Waals surface area contributed by atoms with Crippen LogP contribution in [0.4, 0.5) is 0 Å². The second kappa shape index (κ2) is 4.44. The highest BCUT2D eigenvalue weighted by Gasteiger charge is 2.30. The smallest absolute Gasteiger partial charge is 0.223 e. The lowest BCUT2D eigenvalue weighted by molar-refractivity contribution is -0.136. The molecule has 0 N–H and O–H groups in total. The van der Waals surface area contributed by atoms with Gasteiger partial charge in [-0.3, -0.25) is 4.79 Å². The van der Waals surface area contributed by atoms with Gasteiger partial charge in [-0.2, -0.15) is 0 Å². The molecule has 0 aliphatic carbocycles. The maximum atomic E-state index is 11.8. The minimum Gasteiger partial charge on any atom is -0.464 e. The van der Waals surface area contributed by atoms with Crippen LogP contribution in [-0.2, 0) is 4.79 Å². The van der Waals surface area contributed by atoms with E-state index in [1.165, 1.54) is 0 Å². The predicted molar refractivity (Wildman–Crippen MR) is 60.6 cm³/mol. The van der Waals surface area contributed by atoms with Crippen LogP contribution in [0, 0.1) is 19.3 Å². The van der Waals surface area contributed by atoms with Crippen molar-refractivity contribution in [2.45, 2.75) is 32.2 Å². The van der Waals surface area contributed by atoms with Crippen molar-refractivity contribution < 1.29 is 9.21 Å². The molecule has 1 unspecified atom stereocenters. The van der Waals surface area contributed by atoms with Gasteiger partial charge in [0, 0.05) is 6.42 Å². The van der Waals surface area contributed by atoms with E-state index in [1.54, 1.807) is 4.90 Å². The third kappa shape index (κ3) is 1.96. The summed E-state index contributed by atoms with van der Waals surface area (Å²) in [6.45, 7) is 2.27. The molecule has 0 saturated carbocycles. The Morgan fingerprint density at radius 3 is 3.06 bits per heavy atom. The third-order valence-electron chi connectivity index (χ3n) is 2.92. The van der Waals surface area contributed by atoms with E-state index in [1.807, 2.05) is 19.1 Å². The van der Waals surface area contributed by atoms with Crippen LogP contribution in [0.15, 0.2) is 16.5 Å². The first-order valence-corrected chi connectivity index (χ1v) is 5.51. The molecular weight excluding hydrogens is 202 g/mol. The summed E-state index contributed by atoms with van der Waals surface area (Å²) in [7, 11) is 0. The Bertz CT molecular complexity index is 427. The van der Waals surface area contributed by atoms with E-state index >= 15 is 0 Å². The van der Waals surface area contributed by atoms with Gasteiger partial charge in [-0.15, -0.1) is 6.42 Å². The van der Waals surface area contributed by atoms with Crippen LogP contribution in [0.3, 0.4) is 0 Å². The number of aryl methyl sites for hydroxylation is 1. The molecule has 84 valence electrons. The molecule has 0 bridgehead atoms. The lowest BCUT2D eigenvalue weighted by atomic mass is 9.99. The monoisotopic (exact) mass is 217 g/mol. The average molecular weight is 217 g/mol. The normalized spacial score (nSPS) is 20.9. The minimum atomic E-state index is 0.0194. The lowest BCUT2D eigenvalue weighted by Crippen LogP contribution is -2.38. The average Bonchev–Trinajstić information content (AvgIpc) is 2.68. The molecule has 1 aromatic rings. The zero-order valence-corrected chi connectivity index (χ0v) is 9.40. The summed E-state index contributed by atoms with van der Waals surface area (Å²) in [4.78, 5) is 13.5. The number of hydrogen-bond donors (Lipinski definition) is 0. The first-order valence-electron chi connectivity index (χ1n) is 5.51. The van der Waals surface area contributed by atoms with Crippen molar-refractivity contribution in [1.29, 1.82) is 0 Å². The standard InChI is InChI=1S/C13H15NO2/c1-3-9-14-11(5-4-6-13(14)15)12-8-7-10(2)16-12/h1,7-8,11H,4-6,9H2,2H3. The summed E-state index contributed by atoms with van der Waals surface area (Å²) in [6, 6.07) is 3.87. The summed E-state index contributed by atoms with van der Waals surface area (Å²) in [5, 5.41) is 0. The Hall–Kier alpha value is -1.69. The highest BCUT2D eigenvalue weighted by Crippen LogP contribution is 2.32. The first kappa shape index (κ1) is 10.8. The van der Waals surface area contributed by atoms with E-state index in [4.69, 9.17) is 10.8 Å². The zero-order valence-electron chi connectivity index (χ0n) is 9.40. The van der Waals surface area contributed by atoms with Gasteiger partial charge in [-0.1, -0.05) is 5.92 Å². The van der Waals surface area contributed by atoms with Crippen molar-refractivity contribution in [2.24, 2.45) is 0 Å². The second-order valence-electron chi connectivity index (χ2n) is 4.08. The molecule has 2 rings (SSSR count). The van der Waals surface area contributed by atoms with Gasteiger partial charge in [0.05, 0.1) is 12.6 Å². The number of amides is 1. The highest BCUT2D eigenvalue weighted by atomic mass is 16.3. The van der Waals surface area contributed by atoms with Crippen LogP contribution in [0.25, 0.3) is 0 Å². The predicted octanol–water partition coefficient (Wildman–Crippen LogP) is 2.27. The van der Waals surface area contributed by atoms with Gasteiger partial charge >= 0.3 is 0 Å². The SMILES string of the molecule is C#CCN1C(=O)CCCC1c1ccc(C)o1. The molecule has 0 radical (unpaired) electrons. The molecule has 3 nitrogen and oxygen atoms in total. The number of nitrogens with zero attached hydrogens (tertiary/aromatic N) is 1. The maximum Gasteiger partial charge on any atom is 0.223 e. The van der Waals surface area contributed by atoms with E-state index < -0.39 is 0 Å². The van der Waals surface area contributed by atoms with E-state index in [0.717, 1.165) is 24.4 Å². The number of carbonyl (C=O) groups is 1. The number of carbonyl (C=O) groups excluding carboxylic acids is 1. The largest absolute Gasteiger partial charge is 0.464 e. The Labute approximate surface area is 95.4 Å². The van der Waals surface area contributed by atoms with Crippen LogP contribution >= 0.6 is 0 Å². The van der Waals surface area contributed by atoms with Crippen molar-refractivity contribution in [1.82, 2.24) is 4.90 Å². The molecule has 3 heteroatoms. The first-order chi connectivity index (χ1) is 7.72. The van der Waals surface area contributed by atoms with Crippen LogP contribution in [0.1, 0.15) is 36.8 Å². The van der Waals surface area contributed by atoms with Crippen LogP contribution in [0.5, 0.6) is 0 Å². The fourth-order valence-corrected chi connectivity index (χ4v) is 2.14. The fraction of sp³-hybridized carbons (Fsp3) is 0.462. The Morgan fingerprint density at radius 1 is 1.62 bits per heavy atom. The molecule has 1 atom stereocenters. The van der Waals surface area contributed by atoms with Crippen molar-refractivity contribution in [3.8, 4) is 12.3 Å². The molecule has 1 fully saturated rings.